The van der Waals surface area contributed by atoms with Gasteiger partial charge in [-0.3, -0.25) is 4.79 Å². The molecule has 3 N–H and O–H groups in total. The third-order valence-electron chi connectivity index (χ3n) is 3.61. The number of esters is 1. The lowest BCUT2D eigenvalue weighted by atomic mass is 10.3. The van der Waals surface area contributed by atoms with E-state index >= 15 is 0 Å². The summed E-state index contributed by atoms with van der Waals surface area (Å²) in [6, 6.07) is -1.15. The number of aryl methyl sites for hydroxylation is 1. The van der Waals surface area contributed by atoms with Gasteiger partial charge in [-0.2, -0.15) is 0 Å². The van der Waals surface area contributed by atoms with Crippen LogP contribution in [-0.2, 0) is 16.6 Å². The second-order valence-electron chi connectivity index (χ2n) is 5.17. The number of nitrogens with zero attached hydrogens (tertiary/aromatic N) is 4. The summed E-state index contributed by atoms with van der Waals surface area (Å²) >= 11 is 1.08. The van der Waals surface area contributed by atoms with Gasteiger partial charge in [-0.15, -0.1) is 0 Å². The van der Waals surface area contributed by atoms with Crippen molar-refractivity contribution < 1.29 is 19.4 Å². The Balaban J connectivity index is 2.04. The van der Waals surface area contributed by atoms with Gasteiger partial charge in [0, 0.05) is 14.1 Å². The van der Waals surface area contributed by atoms with Crippen LogP contribution in [0.1, 0.15) is 9.80 Å². The lowest BCUT2D eigenvalue weighted by Crippen LogP contribution is -2.44. The molecule has 0 fully saturated rings. The number of imidazole rings is 1. The fraction of sp³-hybridized carbons (Fsp3) is 0.357. The van der Waals surface area contributed by atoms with Crippen LogP contribution in [0, 0.1) is 0 Å². The number of fused-ring (bicyclic) bond motifs is 3. The van der Waals surface area contributed by atoms with Gasteiger partial charge in [-0.25, -0.2) is 19.7 Å². The molecule has 0 saturated heterocycles. The van der Waals surface area contributed by atoms with Gasteiger partial charge < -0.3 is 25.0 Å². The minimum absolute atomic E-state index is 0.126. The molecular formula is C14H16N6O4S. The second-order valence-corrected chi connectivity index (χ2v) is 6.15. The average Bonchev–Trinajstić information content (AvgIpc) is 3.21. The molecule has 1 unspecified atom stereocenters. The molecule has 10 nitrogen and oxygen atoms in total. The summed E-state index contributed by atoms with van der Waals surface area (Å²) in [5.41, 5.74) is 1.94. The highest BCUT2D eigenvalue weighted by atomic mass is 32.1. The van der Waals surface area contributed by atoms with E-state index in [4.69, 9.17) is 0 Å². The molecule has 11 heteroatoms. The first-order valence-corrected chi connectivity index (χ1v) is 8.10. The lowest BCUT2D eigenvalue weighted by Gasteiger charge is -2.12. The number of carbonyl (C=O) groups is 2. The maximum atomic E-state index is 12.4. The maximum Gasteiger partial charge on any atom is 0.330 e. The van der Waals surface area contributed by atoms with Crippen molar-refractivity contribution in [3.63, 3.8) is 0 Å². The largest absolute Gasteiger partial charge is 0.467 e. The van der Waals surface area contributed by atoms with E-state index in [-0.39, 0.29) is 5.01 Å². The molecule has 0 spiro atoms. The number of methoxy groups -OCH3 is 1. The number of amides is 1. The molecule has 3 aromatic rings. The highest BCUT2D eigenvalue weighted by molar-refractivity contribution is 7.20. The van der Waals surface area contributed by atoms with E-state index < -0.39 is 24.5 Å². The van der Waals surface area contributed by atoms with Crippen LogP contribution < -0.4 is 10.6 Å². The summed E-state index contributed by atoms with van der Waals surface area (Å²) in [6.07, 6.45) is 1.64. The predicted molar refractivity (Wildman–Crippen MR) is 91.6 cm³/mol. The average molecular weight is 364 g/mol. The van der Waals surface area contributed by atoms with Gasteiger partial charge in [-0.1, -0.05) is 11.3 Å². The highest BCUT2D eigenvalue weighted by Gasteiger charge is 2.24. The van der Waals surface area contributed by atoms with Crippen LogP contribution in [-0.4, -0.2) is 63.3 Å². The van der Waals surface area contributed by atoms with E-state index in [1.54, 1.807) is 17.9 Å². The van der Waals surface area contributed by atoms with Crippen molar-refractivity contribution in [2.75, 3.05) is 26.1 Å². The Labute approximate surface area is 145 Å². The van der Waals surface area contributed by atoms with Crippen molar-refractivity contribution in [2.24, 2.45) is 7.05 Å². The minimum atomic E-state index is -1.15. The number of aliphatic hydroxyl groups is 1. The number of anilines is 1. The highest BCUT2D eigenvalue weighted by Crippen LogP contribution is 2.30. The number of nitrogens with one attached hydrogen (secondary N) is 2. The van der Waals surface area contributed by atoms with Crippen LogP contribution in [0.5, 0.6) is 0 Å². The predicted octanol–water partition coefficient (Wildman–Crippen LogP) is -0.117. The fourth-order valence-electron chi connectivity index (χ4n) is 2.39. The number of thiazole rings is 1. The van der Waals surface area contributed by atoms with E-state index in [0.717, 1.165) is 16.9 Å². The molecular weight excluding hydrogens is 348 g/mol. The number of pyridine rings is 1. The first-order valence-electron chi connectivity index (χ1n) is 7.29. The zero-order valence-corrected chi connectivity index (χ0v) is 14.5. The van der Waals surface area contributed by atoms with Crippen LogP contribution >= 0.6 is 11.3 Å². The summed E-state index contributed by atoms with van der Waals surface area (Å²) in [7, 11) is 4.74. The molecule has 1 amide bonds. The quantitative estimate of drug-likeness (QED) is 0.534. The van der Waals surface area contributed by atoms with Crippen LogP contribution in [0.4, 0.5) is 5.82 Å². The molecule has 0 bridgehead atoms. The Morgan fingerprint density at radius 3 is 2.80 bits per heavy atom. The molecule has 3 rings (SSSR count). The molecule has 1 atom stereocenters. The first-order chi connectivity index (χ1) is 12.0. The van der Waals surface area contributed by atoms with Crippen molar-refractivity contribution >= 4 is 50.4 Å². The molecule has 0 radical (unpaired) electrons. The van der Waals surface area contributed by atoms with Gasteiger partial charge in [0.25, 0.3) is 5.91 Å². The van der Waals surface area contributed by atoms with Gasteiger partial charge >= 0.3 is 5.97 Å². The van der Waals surface area contributed by atoms with Crippen molar-refractivity contribution in [1.82, 2.24) is 24.8 Å². The number of rotatable bonds is 5. The van der Waals surface area contributed by atoms with E-state index in [1.165, 1.54) is 7.11 Å². The Hall–Kier alpha value is -2.79. The zero-order valence-electron chi connectivity index (χ0n) is 13.7. The Kier molecular flexibility index (Phi) is 4.51. The van der Waals surface area contributed by atoms with E-state index in [1.807, 2.05) is 7.05 Å². The lowest BCUT2D eigenvalue weighted by molar-refractivity contribution is -0.143. The molecule has 3 heterocycles. The molecule has 0 aliphatic heterocycles. The summed E-state index contributed by atoms with van der Waals surface area (Å²) in [5, 5.41) is 14.7. The van der Waals surface area contributed by atoms with Crippen molar-refractivity contribution in [1.29, 1.82) is 0 Å². The third kappa shape index (κ3) is 2.87. The molecule has 0 aliphatic rings. The van der Waals surface area contributed by atoms with E-state index in [0.29, 0.717) is 21.7 Å². The molecule has 0 aliphatic carbocycles. The fourth-order valence-corrected chi connectivity index (χ4v) is 3.24. The van der Waals surface area contributed by atoms with Gasteiger partial charge in [0.1, 0.15) is 21.4 Å². The second kappa shape index (κ2) is 6.61. The smallest absolute Gasteiger partial charge is 0.330 e. The number of ether oxygens (including phenoxy) is 1. The maximum absolute atomic E-state index is 12.4. The normalized spacial score (nSPS) is 12.3. The number of aromatic nitrogens is 4. The molecule has 3 aromatic heterocycles. The number of hydrogen-bond acceptors (Lipinski definition) is 9. The van der Waals surface area contributed by atoms with Crippen molar-refractivity contribution in [2.45, 2.75) is 6.04 Å². The summed E-state index contributed by atoms with van der Waals surface area (Å²) in [5.74, 6) is -0.739. The SMILES string of the molecule is CNc1nc2sc(C(=O)NC(CO)C(=O)OC)nc2c2c1ncn2C. The molecule has 0 saturated carbocycles. The molecule has 132 valence electrons. The zero-order chi connectivity index (χ0) is 18.1. The monoisotopic (exact) mass is 364 g/mol. The van der Waals surface area contributed by atoms with E-state index in [9.17, 15) is 14.7 Å². The molecule has 0 aromatic carbocycles. The van der Waals surface area contributed by atoms with Crippen LogP contribution in [0.3, 0.4) is 0 Å². The third-order valence-corrected chi connectivity index (χ3v) is 4.56. The first kappa shape index (κ1) is 17.0. The Bertz CT molecular complexity index is 965. The van der Waals surface area contributed by atoms with E-state index in [2.05, 4.69) is 30.3 Å². The topological polar surface area (TPSA) is 131 Å². The number of aliphatic hydroxyl groups excluding tert-OH is 1. The van der Waals surface area contributed by atoms with Crippen molar-refractivity contribution in [3.8, 4) is 0 Å². The summed E-state index contributed by atoms with van der Waals surface area (Å²) in [6.45, 7) is -0.572. The summed E-state index contributed by atoms with van der Waals surface area (Å²) in [4.78, 5) is 37.5. The summed E-state index contributed by atoms with van der Waals surface area (Å²) < 4.78 is 6.33. The van der Waals surface area contributed by atoms with Crippen LogP contribution in [0.25, 0.3) is 21.4 Å². The van der Waals surface area contributed by atoms with Crippen molar-refractivity contribution in [3.05, 3.63) is 11.3 Å². The van der Waals surface area contributed by atoms with Gasteiger partial charge in [0.15, 0.2) is 16.9 Å². The van der Waals surface area contributed by atoms with Gasteiger partial charge in [0.2, 0.25) is 0 Å². The minimum Gasteiger partial charge on any atom is -0.467 e. The number of hydrogen-bond donors (Lipinski definition) is 3. The van der Waals surface area contributed by atoms with Crippen LogP contribution in [0.2, 0.25) is 0 Å². The van der Waals surface area contributed by atoms with Gasteiger partial charge in [0.05, 0.1) is 20.0 Å². The number of carbonyl (C=O) groups excluding carboxylic acids is 2. The Morgan fingerprint density at radius 1 is 1.40 bits per heavy atom. The Morgan fingerprint density at radius 2 is 2.16 bits per heavy atom. The molecule has 25 heavy (non-hydrogen) atoms. The standard InChI is InChI=1S/C14H16N6O4S/c1-15-10-7-9(20(2)5-16-7)8-12(19-10)25-13(18-8)11(22)17-6(4-21)14(23)24-3/h5-6,21H,4H2,1-3H3,(H,15,19)(H,17,22). The van der Waals surface area contributed by atoms with Crippen LogP contribution in [0.15, 0.2) is 6.33 Å². The van der Waals surface area contributed by atoms with Gasteiger partial charge in [-0.05, 0) is 0 Å².